The van der Waals surface area contributed by atoms with Gasteiger partial charge in [0.2, 0.25) is 10.0 Å². The fraction of sp³-hybridized carbons (Fsp3) is 0.316. The van der Waals surface area contributed by atoms with Crippen molar-refractivity contribution < 1.29 is 22.3 Å². The van der Waals surface area contributed by atoms with Crippen molar-refractivity contribution in [2.24, 2.45) is 0 Å². The maximum atomic E-state index is 14.8. The van der Waals surface area contributed by atoms with E-state index < -0.39 is 27.5 Å². The molecule has 35 heavy (non-hydrogen) atoms. The van der Waals surface area contributed by atoms with Gasteiger partial charge in [-0.05, 0) is 32.9 Å². The molecule has 0 saturated heterocycles. The predicted octanol–water partition coefficient (Wildman–Crippen LogP) is 1.31. The molecular weight excluding hydrogens is 483 g/mol. The number of nitrogens with one attached hydrogen (secondary N) is 3. The van der Waals surface area contributed by atoms with E-state index in [2.05, 4.69) is 45.7 Å². The van der Waals surface area contributed by atoms with Gasteiger partial charge in [0, 0.05) is 41.7 Å². The lowest BCUT2D eigenvalue weighted by molar-refractivity contribution is 0.162. The zero-order valence-electron chi connectivity index (χ0n) is 18.9. The molecule has 16 heteroatoms. The smallest absolute Gasteiger partial charge is 0.414 e. The first-order valence-corrected chi connectivity index (χ1v) is 11.7. The summed E-state index contributed by atoms with van der Waals surface area (Å²) >= 11 is 0. The lowest BCUT2D eigenvalue weighted by atomic mass is 10.1. The molecule has 0 radical (unpaired) electrons. The molecule has 0 aliphatic heterocycles. The lowest BCUT2D eigenvalue weighted by Gasteiger charge is -2.20. The van der Waals surface area contributed by atoms with E-state index in [0.29, 0.717) is 17.0 Å². The number of H-pyrrole nitrogens is 1. The van der Waals surface area contributed by atoms with Gasteiger partial charge in [-0.1, -0.05) is 5.21 Å². The first kappa shape index (κ1) is 24.1. The molecule has 0 aliphatic carbocycles. The average Bonchev–Trinajstić information content (AvgIpc) is 3.42. The largest absolute Gasteiger partial charge is 0.449 e. The molecule has 0 unspecified atom stereocenters. The summed E-state index contributed by atoms with van der Waals surface area (Å²) < 4.78 is 48.7. The highest BCUT2D eigenvalue weighted by molar-refractivity contribution is 7.89. The number of halogens is 1. The Kier molecular flexibility index (Phi) is 6.40. The van der Waals surface area contributed by atoms with E-state index in [1.54, 1.807) is 20.8 Å². The molecule has 0 aliphatic rings. The number of ether oxygens (including phenoxy) is 1. The summed E-state index contributed by atoms with van der Waals surface area (Å²) in [6, 6.07) is 2.54. The van der Waals surface area contributed by atoms with Crippen LogP contribution in [0.3, 0.4) is 0 Å². The Labute approximate surface area is 198 Å². The summed E-state index contributed by atoms with van der Waals surface area (Å²) in [5, 5.41) is 19.5. The number of carbonyl (C=O) groups excluding carboxylic acids is 1. The highest BCUT2D eigenvalue weighted by Crippen LogP contribution is 2.24. The summed E-state index contributed by atoms with van der Waals surface area (Å²) in [4.78, 5) is 19.8. The normalized spacial score (nSPS) is 12.1. The number of hydrogen-bond donors (Lipinski definition) is 3. The summed E-state index contributed by atoms with van der Waals surface area (Å²) in [6.07, 6.45) is 3.43. The fourth-order valence-electron chi connectivity index (χ4n) is 2.99. The van der Waals surface area contributed by atoms with Crippen LogP contribution in [0.4, 0.5) is 15.1 Å². The number of amides is 1. The van der Waals surface area contributed by atoms with Crippen LogP contribution in [0, 0.1) is 5.82 Å². The molecule has 3 N–H and O–H groups in total. The number of carbonyl (C=O) groups is 1. The molecule has 0 bridgehead atoms. The van der Waals surface area contributed by atoms with E-state index in [1.165, 1.54) is 30.7 Å². The van der Waals surface area contributed by atoms with E-state index in [1.807, 2.05) is 0 Å². The van der Waals surface area contributed by atoms with Crippen molar-refractivity contribution in [3.63, 3.8) is 0 Å². The Balaban J connectivity index is 1.52. The molecule has 0 aromatic carbocycles. The Hall–Kier alpha value is -4.05. The molecule has 4 heterocycles. The molecule has 4 rings (SSSR count). The lowest BCUT2D eigenvalue weighted by Crippen LogP contribution is -2.40. The molecule has 4 aromatic heterocycles. The number of fused-ring (bicyclic) bond motifs is 1. The van der Waals surface area contributed by atoms with Crippen LogP contribution in [0.25, 0.3) is 16.8 Å². The van der Waals surface area contributed by atoms with Gasteiger partial charge in [0.1, 0.15) is 11.5 Å². The average molecular weight is 505 g/mol. The van der Waals surface area contributed by atoms with Crippen LogP contribution in [0.2, 0.25) is 0 Å². The Morgan fingerprint density at radius 2 is 2.03 bits per heavy atom. The van der Waals surface area contributed by atoms with Gasteiger partial charge in [0.25, 0.3) is 5.95 Å². The van der Waals surface area contributed by atoms with E-state index >= 15 is 0 Å². The molecule has 4 aromatic rings. The fourth-order valence-corrected chi connectivity index (χ4v) is 4.40. The van der Waals surface area contributed by atoms with E-state index in [4.69, 9.17) is 4.74 Å². The maximum absolute atomic E-state index is 14.8. The summed E-state index contributed by atoms with van der Waals surface area (Å²) in [7, 11) is -3.85. The number of aromatic amines is 1. The van der Waals surface area contributed by atoms with Crippen molar-refractivity contribution in [1.82, 2.24) is 44.9 Å². The van der Waals surface area contributed by atoms with Gasteiger partial charge >= 0.3 is 6.09 Å². The summed E-state index contributed by atoms with van der Waals surface area (Å²) in [6.45, 7) is 5.12. The second-order valence-corrected chi connectivity index (χ2v) is 10.1. The molecule has 1 amide bonds. The third-order valence-corrected chi connectivity index (χ3v) is 6.07. The van der Waals surface area contributed by atoms with Gasteiger partial charge < -0.3 is 4.74 Å². The van der Waals surface area contributed by atoms with Gasteiger partial charge in [-0.3, -0.25) is 10.3 Å². The third kappa shape index (κ3) is 5.90. The minimum atomic E-state index is -3.85. The van der Waals surface area contributed by atoms with Crippen LogP contribution < -0.4 is 10.0 Å². The van der Waals surface area contributed by atoms with Crippen molar-refractivity contribution in [2.75, 3.05) is 11.9 Å². The quantitative estimate of drug-likeness (QED) is 0.332. The van der Waals surface area contributed by atoms with Crippen molar-refractivity contribution >= 4 is 27.7 Å². The number of hydrogen-bond acceptors (Lipinski definition) is 10. The molecule has 0 saturated carbocycles. The third-order valence-electron chi connectivity index (χ3n) is 4.35. The van der Waals surface area contributed by atoms with Crippen LogP contribution in [0.1, 0.15) is 26.6 Å². The number of nitrogens with zero attached hydrogens (tertiary/aromatic N) is 7. The molecule has 14 nitrogen and oxygen atoms in total. The first-order chi connectivity index (χ1) is 16.5. The molecule has 0 fully saturated rings. The van der Waals surface area contributed by atoms with Crippen LogP contribution in [-0.4, -0.2) is 66.9 Å². The predicted molar refractivity (Wildman–Crippen MR) is 119 cm³/mol. The second kappa shape index (κ2) is 9.30. The molecule has 184 valence electrons. The Bertz CT molecular complexity index is 1460. The number of aromatic nitrogens is 8. The Morgan fingerprint density at radius 3 is 2.74 bits per heavy atom. The number of rotatable bonds is 7. The minimum absolute atomic E-state index is 0.0203. The number of pyridine rings is 2. The Morgan fingerprint density at radius 1 is 1.23 bits per heavy atom. The van der Waals surface area contributed by atoms with E-state index in [9.17, 15) is 17.6 Å². The zero-order chi connectivity index (χ0) is 25.2. The molecule has 0 spiro atoms. The first-order valence-electron chi connectivity index (χ1n) is 10.2. The van der Waals surface area contributed by atoms with E-state index in [0.717, 1.165) is 4.52 Å². The monoisotopic (exact) mass is 504 g/mol. The molecule has 0 atom stereocenters. The highest BCUT2D eigenvalue weighted by atomic mass is 32.2. The van der Waals surface area contributed by atoms with E-state index in [-0.39, 0.29) is 29.5 Å². The number of tetrazole rings is 1. The minimum Gasteiger partial charge on any atom is -0.449 e. The number of anilines is 1. The zero-order valence-corrected chi connectivity index (χ0v) is 19.7. The van der Waals surface area contributed by atoms with Crippen molar-refractivity contribution in [3.8, 4) is 11.1 Å². The van der Waals surface area contributed by atoms with Gasteiger partial charge in [0.05, 0.1) is 0 Å². The summed E-state index contributed by atoms with van der Waals surface area (Å²) in [5.41, 5.74) is -0.206. The van der Waals surface area contributed by atoms with Gasteiger partial charge in [-0.15, -0.1) is 15.3 Å². The van der Waals surface area contributed by atoms with Gasteiger partial charge in [0.15, 0.2) is 17.3 Å². The van der Waals surface area contributed by atoms with Crippen LogP contribution in [-0.2, 0) is 21.2 Å². The van der Waals surface area contributed by atoms with Crippen LogP contribution >= 0.6 is 0 Å². The highest BCUT2D eigenvalue weighted by Gasteiger charge is 2.23. The van der Waals surface area contributed by atoms with Crippen molar-refractivity contribution in [3.05, 3.63) is 42.4 Å². The maximum Gasteiger partial charge on any atom is 0.414 e. The van der Waals surface area contributed by atoms with Crippen molar-refractivity contribution in [1.29, 1.82) is 0 Å². The van der Waals surface area contributed by atoms with Gasteiger partial charge in [-0.2, -0.15) is 10.2 Å². The van der Waals surface area contributed by atoms with Gasteiger partial charge in [-0.25, -0.2) is 26.8 Å². The van der Waals surface area contributed by atoms with Crippen LogP contribution in [0.15, 0.2) is 35.6 Å². The number of sulfonamides is 1. The van der Waals surface area contributed by atoms with Crippen LogP contribution in [0.5, 0.6) is 0 Å². The topological polar surface area (TPSA) is 182 Å². The second-order valence-electron chi connectivity index (χ2n) is 8.38. The SMILES string of the molecule is CC(C)(C)NS(=O)(=O)c1cncc(-c2cc(F)c3nc(NC(=O)OCCc4nn[nH]n4)nn3c2)c1. The molecular formula is C19H21FN10O4S. The summed E-state index contributed by atoms with van der Waals surface area (Å²) in [5.74, 6) is -0.553. The van der Waals surface area contributed by atoms with Crippen molar-refractivity contribution in [2.45, 2.75) is 37.6 Å². The standard InChI is InChI=1S/C19H21FN10O4S/c1-19(2,3)27-35(32,33)13-6-11(8-21-9-13)12-7-14(20)16-22-17(26-30(16)10-12)23-18(31)34-5-4-15-24-28-29-25-15/h6-10,27H,4-5H2,1-3H3,(H,23,26,31)(H,24,25,28,29).